The van der Waals surface area contributed by atoms with Crippen molar-refractivity contribution in [1.82, 2.24) is 23.3 Å². The first-order valence-electron chi connectivity index (χ1n) is 44.2. The highest BCUT2D eigenvalue weighted by Crippen LogP contribution is 2.44. The average Bonchev–Trinajstić information content (AvgIpc) is 1.60. The van der Waals surface area contributed by atoms with E-state index < -0.39 is 7.12 Å². The third-order valence-corrected chi connectivity index (χ3v) is 26.1. The van der Waals surface area contributed by atoms with E-state index in [4.69, 9.17) is 21.6 Å². The first kappa shape index (κ1) is 80.5. The van der Waals surface area contributed by atoms with Gasteiger partial charge in [0.2, 0.25) is 0 Å². The fraction of sp³-hybridized carbons (Fsp3) is 0.0164. The SMILES string of the molecule is C.Clc1ccc(-c2ccc3c(c2)c2ccccc2n3-c2ccccc2)cc1.OB(O)c1ccc2c(c1)[nH]c1ccccc12.c1ccc(-c2cccc(-n3c4ccccc4c4ccc(-c5ccc(-c6ccc7c(c6)c6ccccc6n7-c6ccccc6)cc5)cc43)c2)cc1.c1ccc(-n2c3ccccc3c3cc(-c4ccc(-c5ccc6c(c5)Cc5ccccc5-6)cc4)ccc32)cc1. The lowest BCUT2D eigenvalue weighted by atomic mass is 9.80. The molecular weight excluding hydrogens is 1610 g/mol. The average molecular weight is 1700 g/mol. The molecule has 0 radical (unpaired) electrons. The van der Waals surface area contributed by atoms with Gasteiger partial charge in [0.05, 0.1) is 44.1 Å². The van der Waals surface area contributed by atoms with E-state index in [1.54, 1.807) is 12.1 Å². The molecule has 622 valence electrons. The summed E-state index contributed by atoms with van der Waals surface area (Å²) in [4.78, 5) is 3.25. The van der Waals surface area contributed by atoms with Crippen LogP contribution in [0.3, 0.4) is 0 Å². The second-order valence-electron chi connectivity index (χ2n) is 33.5. The van der Waals surface area contributed by atoms with E-state index in [-0.39, 0.29) is 7.43 Å². The fourth-order valence-electron chi connectivity index (χ4n) is 19.6. The summed E-state index contributed by atoms with van der Waals surface area (Å²) < 4.78 is 9.47. The number of H-pyrrole nitrogens is 1. The molecule has 5 aromatic heterocycles. The molecule has 25 aromatic rings. The van der Waals surface area contributed by atoms with E-state index in [1.807, 2.05) is 42.5 Å². The van der Waals surface area contributed by atoms with E-state index in [1.165, 1.54) is 193 Å². The molecule has 9 heteroatoms. The van der Waals surface area contributed by atoms with E-state index in [0.29, 0.717) is 5.46 Å². The molecule has 0 unspecified atom stereocenters. The number of para-hydroxylation sites is 8. The molecule has 0 saturated carbocycles. The molecule has 0 saturated heterocycles. The molecule has 0 bridgehead atoms. The summed E-state index contributed by atoms with van der Waals surface area (Å²) in [6.07, 6.45) is 1.02. The predicted molar refractivity (Wildman–Crippen MR) is 555 cm³/mol. The van der Waals surface area contributed by atoms with Gasteiger partial charge in [-0.1, -0.05) is 353 Å². The molecule has 1 aliphatic carbocycles. The standard InChI is InChI=1S/C48H32N2.C37H25N.C24H16ClN.C12H10BNO2.CH4/c1-3-12-33(13-4-1)36-14-11-17-40(30-36)50-45-20-9-7-18-41(45)43-28-26-38(32-48(43)50)35-24-22-34(23-25-35)37-27-29-47-44(31-37)42-19-8-10-21-46(42)49(47)39-15-5-2-6-16-39;1-2-9-31(10-3-1)38-36-13-7-6-12-34(36)35-24-28(19-21-37(35)38)26-16-14-25(15-17-26)27-18-20-33-30(22-27)23-29-8-4-5-11-32(29)33;25-19-13-10-17(11-14-19)18-12-15-24-22(16-18)21-8-4-5-9-23(21)26(24)20-6-2-1-3-7-20;15-13(16)8-5-6-10-9-3-1-2-4-11(9)14-12(10)7-8;/h1-32H;1-22,24H,23H2;1-16H;1-7,14-16H;1H4. The Morgan fingerprint density at radius 1 is 0.206 bits per heavy atom. The number of nitrogens with zero attached hydrogens (tertiary/aromatic N) is 4. The van der Waals surface area contributed by atoms with Gasteiger partial charge in [0.1, 0.15) is 0 Å². The zero-order valence-corrected chi connectivity index (χ0v) is 71.6. The zero-order chi connectivity index (χ0) is 86.7. The van der Waals surface area contributed by atoms with Gasteiger partial charge in [-0.2, -0.15) is 0 Å². The highest BCUT2D eigenvalue weighted by Gasteiger charge is 2.23. The van der Waals surface area contributed by atoms with E-state index in [2.05, 4.69) is 442 Å². The maximum Gasteiger partial charge on any atom is 0.488 e. The minimum Gasteiger partial charge on any atom is -0.423 e. The summed E-state index contributed by atoms with van der Waals surface area (Å²) >= 11 is 6.04. The Bertz CT molecular complexity index is 8590. The Morgan fingerprint density at radius 2 is 0.519 bits per heavy atom. The second-order valence-corrected chi connectivity index (χ2v) is 33.9. The van der Waals surface area contributed by atoms with Crippen LogP contribution < -0.4 is 5.46 Å². The summed E-state index contributed by atoms with van der Waals surface area (Å²) in [6, 6.07) is 169. The van der Waals surface area contributed by atoms with Gasteiger partial charge >= 0.3 is 7.12 Å². The molecule has 0 spiro atoms. The number of aromatic nitrogens is 5. The number of hydrogen-bond acceptors (Lipinski definition) is 2. The molecule has 7 nitrogen and oxygen atoms in total. The van der Waals surface area contributed by atoms with Crippen LogP contribution in [0.2, 0.25) is 5.02 Å². The Hall–Kier alpha value is -16.3. The lowest BCUT2D eigenvalue weighted by Gasteiger charge is -2.11. The third-order valence-electron chi connectivity index (χ3n) is 25.8. The lowest BCUT2D eigenvalue weighted by Crippen LogP contribution is -2.29. The summed E-state index contributed by atoms with van der Waals surface area (Å²) in [7, 11) is -1.42. The number of rotatable bonds is 11. The van der Waals surface area contributed by atoms with Crippen molar-refractivity contribution in [2.75, 3.05) is 0 Å². The molecule has 20 aromatic carbocycles. The lowest BCUT2D eigenvalue weighted by molar-refractivity contribution is 0.426. The van der Waals surface area contributed by atoms with Gasteiger partial charge in [0.25, 0.3) is 0 Å². The predicted octanol–water partition coefficient (Wildman–Crippen LogP) is 31.3. The zero-order valence-electron chi connectivity index (χ0n) is 70.9. The largest absolute Gasteiger partial charge is 0.488 e. The minimum atomic E-state index is -1.42. The van der Waals surface area contributed by atoms with Gasteiger partial charge in [0.15, 0.2) is 0 Å². The molecule has 3 N–H and O–H groups in total. The molecule has 1 aliphatic rings. The first-order valence-corrected chi connectivity index (χ1v) is 44.6. The van der Waals surface area contributed by atoms with Crippen molar-refractivity contribution >= 4 is 133 Å². The van der Waals surface area contributed by atoms with Crippen LogP contribution in [-0.2, 0) is 6.42 Å². The maximum atomic E-state index is 9.10. The first-order chi connectivity index (χ1) is 64.2. The second kappa shape index (κ2) is 34.5. The molecule has 0 aliphatic heterocycles. The molecule has 131 heavy (non-hydrogen) atoms. The van der Waals surface area contributed by atoms with Crippen LogP contribution in [0.15, 0.2) is 473 Å². The Kier molecular flexibility index (Phi) is 21.2. The minimum absolute atomic E-state index is 0. The van der Waals surface area contributed by atoms with Crippen molar-refractivity contribution in [1.29, 1.82) is 0 Å². The van der Waals surface area contributed by atoms with Gasteiger partial charge in [-0.25, -0.2) is 0 Å². The highest BCUT2D eigenvalue weighted by molar-refractivity contribution is 6.59. The van der Waals surface area contributed by atoms with Crippen molar-refractivity contribution in [3.05, 3.63) is 489 Å². The summed E-state index contributed by atoms with van der Waals surface area (Å²) in [5.74, 6) is 0. The van der Waals surface area contributed by atoms with E-state index in [0.717, 1.165) is 38.9 Å². The number of benzene rings is 20. The van der Waals surface area contributed by atoms with Gasteiger partial charge in [-0.3, -0.25) is 0 Å². The van der Waals surface area contributed by atoms with Gasteiger partial charge in [0, 0.05) is 92.7 Å². The van der Waals surface area contributed by atoms with Crippen molar-refractivity contribution in [3.63, 3.8) is 0 Å². The topological polar surface area (TPSA) is 76.0 Å². The number of nitrogens with one attached hydrogen (secondary N) is 1. The monoisotopic (exact) mass is 1700 g/mol. The quantitative estimate of drug-likeness (QED) is 0.113. The van der Waals surface area contributed by atoms with Gasteiger partial charge in [-0.05, 0) is 240 Å². The van der Waals surface area contributed by atoms with E-state index >= 15 is 0 Å². The Morgan fingerprint density at radius 3 is 1.01 bits per heavy atom. The molecule has 0 amide bonds. The summed E-state index contributed by atoms with van der Waals surface area (Å²) in [5, 5.41) is 31.3. The van der Waals surface area contributed by atoms with Crippen molar-refractivity contribution in [2.45, 2.75) is 13.8 Å². The number of fused-ring (bicyclic) bond motifs is 18. The Balaban J connectivity index is 0.000000109. The van der Waals surface area contributed by atoms with Crippen LogP contribution in [0, 0.1) is 0 Å². The van der Waals surface area contributed by atoms with Crippen molar-refractivity contribution < 1.29 is 10.0 Å². The maximum absolute atomic E-state index is 9.10. The fourth-order valence-corrected chi connectivity index (χ4v) is 19.7. The van der Waals surface area contributed by atoms with E-state index in [9.17, 15) is 0 Å². The molecule has 0 atom stereocenters. The number of aromatic amines is 1. The van der Waals surface area contributed by atoms with Crippen LogP contribution in [0.25, 0.3) is 210 Å². The number of hydrogen-bond donors (Lipinski definition) is 3. The van der Waals surface area contributed by atoms with Crippen LogP contribution in [0.4, 0.5) is 0 Å². The van der Waals surface area contributed by atoms with Crippen LogP contribution in [0.5, 0.6) is 0 Å². The smallest absolute Gasteiger partial charge is 0.423 e. The van der Waals surface area contributed by atoms with Crippen molar-refractivity contribution in [2.24, 2.45) is 0 Å². The van der Waals surface area contributed by atoms with Crippen LogP contribution in [0.1, 0.15) is 18.6 Å². The summed E-state index contributed by atoms with van der Waals surface area (Å²) in [5.41, 5.74) is 37.2. The van der Waals surface area contributed by atoms with Crippen LogP contribution >= 0.6 is 11.6 Å². The molecule has 0 fully saturated rings. The normalized spacial score (nSPS) is 11.5. The highest BCUT2D eigenvalue weighted by atomic mass is 35.5. The Labute approximate surface area is 764 Å². The molecule has 5 heterocycles. The summed E-state index contributed by atoms with van der Waals surface area (Å²) in [6.45, 7) is 0. The van der Waals surface area contributed by atoms with Gasteiger partial charge < -0.3 is 33.3 Å². The van der Waals surface area contributed by atoms with Crippen molar-refractivity contribution in [3.8, 4) is 101 Å². The number of halogens is 1. The van der Waals surface area contributed by atoms with Crippen LogP contribution in [-0.4, -0.2) is 40.4 Å². The molecule has 26 rings (SSSR count). The molecular formula is C122H87BClN5O2. The van der Waals surface area contributed by atoms with Gasteiger partial charge in [-0.15, -0.1) is 0 Å². The third kappa shape index (κ3) is 15.0.